The Hall–Kier alpha value is -1.70. The molecule has 0 aromatic heterocycles. The maximum atomic E-state index is 4.36. The molecule has 0 N–H and O–H groups in total. The fourth-order valence-corrected chi connectivity index (χ4v) is 1.36. The molecule has 1 heterocycles. The predicted octanol–water partition coefficient (Wildman–Crippen LogP) is 2.55. The highest BCUT2D eigenvalue weighted by atomic mass is 15.0. The van der Waals surface area contributed by atoms with E-state index < -0.39 is 0 Å². The lowest BCUT2D eigenvalue weighted by Gasteiger charge is -1.98. The van der Waals surface area contributed by atoms with E-state index >= 15 is 0 Å². The summed E-state index contributed by atoms with van der Waals surface area (Å²) in [6.07, 6.45) is 1.83. The maximum absolute atomic E-state index is 4.36. The van der Waals surface area contributed by atoms with Crippen LogP contribution in [0.15, 0.2) is 40.8 Å². The number of amidine groups is 1. The van der Waals surface area contributed by atoms with Gasteiger partial charge in [-0.05, 0) is 12.5 Å². The first-order valence-corrected chi connectivity index (χ1v) is 4.61. The molecule has 0 spiro atoms. The molecule has 1 aliphatic rings. The van der Waals surface area contributed by atoms with E-state index in [0.717, 1.165) is 29.2 Å². The van der Waals surface area contributed by atoms with E-state index in [0.29, 0.717) is 0 Å². The van der Waals surface area contributed by atoms with Gasteiger partial charge in [0.05, 0.1) is 6.54 Å². The highest BCUT2D eigenvalue weighted by Crippen LogP contribution is 2.10. The van der Waals surface area contributed by atoms with Crippen LogP contribution in [-0.2, 0) is 0 Å². The van der Waals surface area contributed by atoms with Crippen molar-refractivity contribution >= 4 is 17.6 Å². The van der Waals surface area contributed by atoms with Crippen molar-refractivity contribution in [1.29, 1.82) is 0 Å². The van der Waals surface area contributed by atoms with Crippen molar-refractivity contribution in [2.75, 3.05) is 6.54 Å². The molecule has 0 aliphatic carbocycles. The van der Waals surface area contributed by atoms with Crippen molar-refractivity contribution in [3.8, 4) is 0 Å². The summed E-state index contributed by atoms with van der Waals surface area (Å²) < 4.78 is 0. The van der Waals surface area contributed by atoms with Crippen LogP contribution in [0.3, 0.4) is 0 Å². The average Bonchev–Trinajstić information content (AvgIpc) is 2.65. The van der Waals surface area contributed by atoms with Gasteiger partial charge in [-0.1, -0.05) is 36.9 Å². The molecule has 2 heteroatoms. The van der Waals surface area contributed by atoms with Crippen molar-refractivity contribution in [1.82, 2.24) is 0 Å². The lowest BCUT2D eigenvalue weighted by Crippen LogP contribution is -1.93. The second-order valence-corrected chi connectivity index (χ2v) is 3.31. The van der Waals surface area contributed by atoms with Crippen LogP contribution in [0.4, 0.5) is 0 Å². The first-order valence-electron chi connectivity index (χ1n) is 4.61. The first kappa shape index (κ1) is 8.88. The van der Waals surface area contributed by atoms with E-state index in [1.54, 1.807) is 0 Å². The third kappa shape index (κ3) is 1.64. The summed E-state index contributed by atoms with van der Waals surface area (Å²) in [4.78, 5) is 8.68. The zero-order valence-electron chi connectivity index (χ0n) is 8.20. The normalized spacial score (nSPS) is 14.9. The zero-order valence-corrected chi connectivity index (χ0v) is 8.20. The monoisotopic (exact) mass is 184 g/mol. The molecule has 70 valence electrons. The standard InChI is InChI=1S/C12H12N2/c1-3-10-4-6-11(7-5-10)12-13-8-9(2)14-12/h3-7H,1,8H2,2H3. The molecule has 0 saturated heterocycles. The summed E-state index contributed by atoms with van der Waals surface area (Å²) in [7, 11) is 0. The Morgan fingerprint density at radius 2 is 2.00 bits per heavy atom. The molecule has 0 amide bonds. The molecule has 0 bridgehead atoms. The number of nitrogens with zero attached hydrogens (tertiary/aromatic N) is 2. The molecule has 0 unspecified atom stereocenters. The minimum absolute atomic E-state index is 0.735. The molecule has 2 nitrogen and oxygen atoms in total. The second kappa shape index (κ2) is 3.58. The predicted molar refractivity (Wildman–Crippen MR) is 61.0 cm³/mol. The lowest BCUT2D eigenvalue weighted by atomic mass is 10.1. The van der Waals surface area contributed by atoms with Crippen molar-refractivity contribution in [2.24, 2.45) is 9.98 Å². The summed E-state index contributed by atoms with van der Waals surface area (Å²) in [5.41, 5.74) is 3.27. The molecule has 0 radical (unpaired) electrons. The van der Waals surface area contributed by atoms with Crippen LogP contribution >= 0.6 is 0 Å². The topological polar surface area (TPSA) is 24.7 Å². The largest absolute Gasteiger partial charge is 0.260 e. The van der Waals surface area contributed by atoms with Gasteiger partial charge < -0.3 is 0 Å². The third-order valence-electron chi connectivity index (χ3n) is 2.16. The lowest BCUT2D eigenvalue weighted by molar-refractivity contribution is 1.33. The van der Waals surface area contributed by atoms with E-state index in [-0.39, 0.29) is 0 Å². The number of hydrogen-bond acceptors (Lipinski definition) is 2. The summed E-state index contributed by atoms with van der Waals surface area (Å²) in [6, 6.07) is 8.10. The summed E-state index contributed by atoms with van der Waals surface area (Å²) in [5, 5.41) is 0. The third-order valence-corrected chi connectivity index (χ3v) is 2.16. The summed E-state index contributed by atoms with van der Waals surface area (Å²) >= 11 is 0. The van der Waals surface area contributed by atoms with Crippen molar-refractivity contribution in [2.45, 2.75) is 6.92 Å². The van der Waals surface area contributed by atoms with Gasteiger partial charge in [-0.25, -0.2) is 4.99 Å². The van der Waals surface area contributed by atoms with Gasteiger partial charge in [-0.15, -0.1) is 0 Å². The SMILES string of the molecule is C=Cc1ccc(C2=NCC(C)=N2)cc1. The Morgan fingerprint density at radius 3 is 2.50 bits per heavy atom. The smallest absolute Gasteiger partial charge is 0.154 e. The molecule has 0 saturated carbocycles. The molecule has 2 rings (SSSR count). The van der Waals surface area contributed by atoms with Crippen molar-refractivity contribution in [3.05, 3.63) is 42.0 Å². The van der Waals surface area contributed by atoms with E-state index in [1.807, 2.05) is 37.3 Å². The number of aliphatic imine (C=N–C) groups is 2. The average molecular weight is 184 g/mol. The highest BCUT2D eigenvalue weighted by Gasteiger charge is 2.07. The number of rotatable bonds is 2. The van der Waals surface area contributed by atoms with Gasteiger partial charge in [0.2, 0.25) is 0 Å². The van der Waals surface area contributed by atoms with Gasteiger partial charge in [0.15, 0.2) is 5.84 Å². The van der Waals surface area contributed by atoms with Crippen LogP contribution in [0, 0.1) is 0 Å². The van der Waals surface area contributed by atoms with Gasteiger partial charge >= 0.3 is 0 Å². The minimum atomic E-state index is 0.735. The molecule has 1 aromatic rings. The molecule has 0 atom stereocenters. The van der Waals surface area contributed by atoms with Gasteiger partial charge in [-0.3, -0.25) is 4.99 Å². The van der Waals surface area contributed by atoms with Crippen molar-refractivity contribution in [3.63, 3.8) is 0 Å². The Kier molecular flexibility index (Phi) is 2.27. The van der Waals surface area contributed by atoms with Gasteiger partial charge in [0, 0.05) is 11.3 Å². The molecule has 14 heavy (non-hydrogen) atoms. The van der Waals surface area contributed by atoms with E-state index in [1.165, 1.54) is 0 Å². The van der Waals surface area contributed by atoms with E-state index in [4.69, 9.17) is 0 Å². The minimum Gasteiger partial charge on any atom is -0.260 e. The molecule has 1 aliphatic heterocycles. The van der Waals surface area contributed by atoms with E-state index in [2.05, 4.69) is 16.6 Å². The van der Waals surface area contributed by atoms with Crippen LogP contribution < -0.4 is 0 Å². The van der Waals surface area contributed by atoms with Gasteiger partial charge in [0.1, 0.15) is 0 Å². The Bertz CT molecular complexity index is 410. The molecular formula is C12H12N2. The van der Waals surface area contributed by atoms with E-state index in [9.17, 15) is 0 Å². The molecule has 1 aromatic carbocycles. The fraction of sp³-hybridized carbons (Fsp3) is 0.167. The highest BCUT2D eigenvalue weighted by molar-refractivity contribution is 6.10. The zero-order chi connectivity index (χ0) is 9.97. The fourth-order valence-electron chi connectivity index (χ4n) is 1.36. The van der Waals surface area contributed by atoms with Crippen LogP contribution in [0.2, 0.25) is 0 Å². The number of hydrogen-bond donors (Lipinski definition) is 0. The van der Waals surface area contributed by atoms with Crippen LogP contribution in [0.5, 0.6) is 0 Å². The Labute approximate surface area is 83.7 Å². The quantitative estimate of drug-likeness (QED) is 0.674. The van der Waals surface area contributed by atoms with Crippen LogP contribution in [0.25, 0.3) is 6.08 Å². The molecule has 0 fully saturated rings. The van der Waals surface area contributed by atoms with Gasteiger partial charge in [-0.2, -0.15) is 0 Å². The second-order valence-electron chi connectivity index (χ2n) is 3.31. The van der Waals surface area contributed by atoms with Crippen LogP contribution in [-0.4, -0.2) is 18.1 Å². The summed E-state index contributed by atoms with van der Waals surface area (Å²) in [6.45, 7) is 6.44. The van der Waals surface area contributed by atoms with Crippen molar-refractivity contribution < 1.29 is 0 Å². The summed E-state index contributed by atoms with van der Waals surface area (Å²) in [5.74, 6) is 0.845. The Morgan fingerprint density at radius 1 is 1.29 bits per heavy atom. The first-order chi connectivity index (χ1) is 6.79. The maximum Gasteiger partial charge on any atom is 0.154 e. The molecular weight excluding hydrogens is 172 g/mol. The Balaban J connectivity index is 2.30. The number of benzene rings is 1. The van der Waals surface area contributed by atoms with Gasteiger partial charge in [0.25, 0.3) is 0 Å². The van der Waals surface area contributed by atoms with Crippen LogP contribution in [0.1, 0.15) is 18.1 Å².